The van der Waals surface area contributed by atoms with Gasteiger partial charge in [0.1, 0.15) is 21.9 Å². The smallest absolute Gasteiger partial charge is 0.354 e. The van der Waals surface area contributed by atoms with Gasteiger partial charge in [0.25, 0.3) is 0 Å². The van der Waals surface area contributed by atoms with E-state index in [9.17, 15) is 13.6 Å². The molecule has 0 fully saturated rings. The van der Waals surface area contributed by atoms with Gasteiger partial charge in [-0.1, -0.05) is 0 Å². The monoisotopic (exact) mass is 316 g/mol. The Labute approximate surface area is 109 Å². The number of carbonyl (C=O) groups is 1. The van der Waals surface area contributed by atoms with Crippen molar-refractivity contribution in [1.29, 1.82) is 0 Å². The number of pyridine rings is 2. The van der Waals surface area contributed by atoms with Gasteiger partial charge in [0, 0.05) is 0 Å². The number of hydrogen-bond acceptors (Lipinski definition) is 3. The number of rotatable bonds is 1. The first kappa shape index (κ1) is 14.2. The van der Waals surface area contributed by atoms with Crippen molar-refractivity contribution in [3.8, 4) is 0 Å². The van der Waals surface area contributed by atoms with Gasteiger partial charge in [0.2, 0.25) is 0 Å². The van der Waals surface area contributed by atoms with E-state index in [4.69, 9.17) is 5.11 Å². The van der Waals surface area contributed by atoms with Crippen LogP contribution in [0, 0.1) is 11.6 Å². The zero-order valence-corrected chi connectivity index (χ0v) is 10.4. The van der Waals surface area contributed by atoms with Gasteiger partial charge < -0.3 is 5.11 Å². The number of hydrogen-bond donors (Lipinski definition) is 1. The van der Waals surface area contributed by atoms with Crippen LogP contribution in [0.4, 0.5) is 8.78 Å². The second kappa shape index (κ2) is 6.75. The molecule has 0 saturated heterocycles. The summed E-state index contributed by atoms with van der Waals surface area (Å²) in [7, 11) is 0. The first-order valence-corrected chi connectivity index (χ1v) is 5.40. The van der Waals surface area contributed by atoms with E-state index in [1.807, 2.05) is 0 Å². The molecule has 4 nitrogen and oxygen atoms in total. The van der Waals surface area contributed by atoms with E-state index in [0.29, 0.717) is 4.60 Å². The fourth-order valence-corrected chi connectivity index (χ4v) is 1.09. The molecule has 2 rings (SSSR count). The van der Waals surface area contributed by atoms with Crippen LogP contribution < -0.4 is 0 Å². The van der Waals surface area contributed by atoms with Gasteiger partial charge in [-0.2, -0.15) is 0 Å². The molecule has 1 N–H and O–H groups in total. The Hall–Kier alpha value is -1.89. The molecule has 2 heterocycles. The standard InChI is InChI=1S/C6H4FNO2.C5H3BrFN/c7-4-1-2-5(6(9)10)8-3-4;6-5-2-1-4(7)3-8-5/h1-3H,(H,9,10);1-3H. The Morgan fingerprint density at radius 3 is 1.94 bits per heavy atom. The predicted molar refractivity (Wildman–Crippen MR) is 63.0 cm³/mol. The van der Waals surface area contributed by atoms with Crippen molar-refractivity contribution >= 4 is 21.9 Å². The number of halogens is 3. The molecule has 0 aliphatic heterocycles. The third kappa shape index (κ3) is 4.96. The maximum absolute atomic E-state index is 12.1. The van der Waals surface area contributed by atoms with Crippen molar-refractivity contribution in [2.75, 3.05) is 0 Å². The number of carboxylic acids is 1. The van der Waals surface area contributed by atoms with Gasteiger partial charge >= 0.3 is 5.97 Å². The highest BCUT2D eigenvalue weighted by Gasteiger charge is 2.01. The molecule has 0 bridgehead atoms. The zero-order valence-electron chi connectivity index (χ0n) is 8.85. The summed E-state index contributed by atoms with van der Waals surface area (Å²) in [6.45, 7) is 0. The highest BCUT2D eigenvalue weighted by atomic mass is 79.9. The van der Waals surface area contributed by atoms with Gasteiger partial charge in [-0.3, -0.25) is 0 Å². The molecular formula is C11H7BrF2N2O2. The zero-order chi connectivity index (χ0) is 13.5. The SMILES string of the molecule is Fc1ccc(Br)nc1.O=C(O)c1ccc(F)cn1. The maximum atomic E-state index is 12.1. The average Bonchev–Trinajstić information content (AvgIpc) is 2.34. The summed E-state index contributed by atoms with van der Waals surface area (Å²) < 4.78 is 24.7. The fourth-order valence-electron chi connectivity index (χ4n) is 0.860. The highest BCUT2D eigenvalue weighted by Crippen LogP contribution is 2.03. The largest absolute Gasteiger partial charge is 0.477 e. The van der Waals surface area contributed by atoms with E-state index in [0.717, 1.165) is 24.5 Å². The van der Waals surface area contributed by atoms with Gasteiger partial charge in [0.05, 0.1) is 12.4 Å². The number of nitrogens with zero attached hydrogens (tertiary/aromatic N) is 2. The first-order chi connectivity index (χ1) is 8.49. The van der Waals surface area contributed by atoms with Crippen LogP contribution in [0.5, 0.6) is 0 Å². The van der Waals surface area contributed by atoms with E-state index >= 15 is 0 Å². The van der Waals surface area contributed by atoms with Gasteiger partial charge in [0.15, 0.2) is 0 Å². The molecule has 18 heavy (non-hydrogen) atoms. The molecule has 94 valence electrons. The Kier molecular flexibility index (Phi) is 5.31. The van der Waals surface area contributed by atoms with Gasteiger partial charge in [-0.15, -0.1) is 0 Å². The minimum atomic E-state index is -1.15. The molecule has 0 spiro atoms. The first-order valence-electron chi connectivity index (χ1n) is 4.61. The lowest BCUT2D eigenvalue weighted by Gasteiger charge is -1.89. The van der Waals surface area contributed by atoms with Crippen LogP contribution in [-0.4, -0.2) is 21.0 Å². The minimum absolute atomic E-state index is 0.151. The van der Waals surface area contributed by atoms with Crippen molar-refractivity contribution in [3.05, 3.63) is 58.6 Å². The predicted octanol–water partition coefficient (Wildman–Crippen LogP) is 2.90. The molecule has 0 radical (unpaired) electrons. The van der Waals surface area contributed by atoms with Crippen molar-refractivity contribution in [1.82, 2.24) is 9.97 Å². The summed E-state index contributed by atoms with van der Waals surface area (Å²) in [5.41, 5.74) is -0.151. The second-order valence-electron chi connectivity index (χ2n) is 2.97. The van der Waals surface area contributed by atoms with Gasteiger partial charge in [-0.25, -0.2) is 23.5 Å². The molecule has 7 heteroatoms. The van der Waals surface area contributed by atoms with E-state index < -0.39 is 11.8 Å². The summed E-state index contributed by atoms with van der Waals surface area (Å²) in [6.07, 6.45) is 2.02. The lowest BCUT2D eigenvalue weighted by molar-refractivity contribution is 0.0690. The number of aromatic carboxylic acids is 1. The van der Waals surface area contributed by atoms with Crippen LogP contribution >= 0.6 is 15.9 Å². The van der Waals surface area contributed by atoms with E-state index in [-0.39, 0.29) is 11.5 Å². The maximum Gasteiger partial charge on any atom is 0.354 e. The average molecular weight is 317 g/mol. The molecule has 0 amide bonds. The summed E-state index contributed by atoms with van der Waals surface area (Å²) >= 11 is 3.07. The molecule has 0 atom stereocenters. The molecule has 0 aliphatic carbocycles. The van der Waals surface area contributed by atoms with Crippen molar-refractivity contribution < 1.29 is 18.7 Å². The number of carboxylic acid groups (broad SMARTS) is 1. The lowest BCUT2D eigenvalue weighted by Crippen LogP contribution is -1.98. The number of aromatic nitrogens is 2. The Morgan fingerprint density at radius 2 is 1.61 bits per heavy atom. The second-order valence-corrected chi connectivity index (χ2v) is 3.78. The molecular weight excluding hydrogens is 310 g/mol. The van der Waals surface area contributed by atoms with Crippen LogP contribution in [-0.2, 0) is 0 Å². The Bertz CT molecular complexity index is 497. The molecule has 0 saturated carbocycles. The Balaban J connectivity index is 0.000000184. The van der Waals surface area contributed by atoms with E-state index in [1.165, 1.54) is 6.07 Å². The highest BCUT2D eigenvalue weighted by molar-refractivity contribution is 9.10. The molecule has 2 aromatic heterocycles. The van der Waals surface area contributed by atoms with Crippen LogP contribution in [0.3, 0.4) is 0 Å². The molecule has 0 aliphatic rings. The summed E-state index contributed by atoms with van der Waals surface area (Å²) in [5.74, 6) is -2.00. The van der Waals surface area contributed by atoms with Crippen LogP contribution in [0.2, 0.25) is 0 Å². The van der Waals surface area contributed by atoms with Crippen molar-refractivity contribution in [3.63, 3.8) is 0 Å². The topological polar surface area (TPSA) is 63.1 Å². The summed E-state index contributed by atoms with van der Waals surface area (Å²) in [4.78, 5) is 17.1. The van der Waals surface area contributed by atoms with Gasteiger partial charge in [-0.05, 0) is 40.2 Å². The third-order valence-electron chi connectivity index (χ3n) is 1.64. The third-order valence-corrected chi connectivity index (χ3v) is 2.11. The lowest BCUT2D eigenvalue weighted by atomic mass is 10.3. The van der Waals surface area contributed by atoms with Crippen LogP contribution in [0.1, 0.15) is 10.5 Å². The van der Waals surface area contributed by atoms with Crippen LogP contribution in [0.25, 0.3) is 0 Å². The molecule has 0 aromatic carbocycles. The quantitative estimate of drug-likeness (QED) is 0.822. The molecule has 2 aromatic rings. The molecule has 0 unspecified atom stereocenters. The summed E-state index contributed by atoms with van der Waals surface area (Å²) in [6, 6.07) is 5.06. The Morgan fingerprint density at radius 1 is 1.06 bits per heavy atom. The normalized spacial score (nSPS) is 9.28. The van der Waals surface area contributed by atoms with Crippen molar-refractivity contribution in [2.24, 2.45) is 0 Å². The summed E-state index contributed by atoms with van der Waals surface area (Å²) in [5, 5.41) is 8.29. The van der Waals surface area contributed by atoms with Crippen molar-refractivity contribution in [2.45, 2.75) is 0 Å². The van der Waals surface area contributed by atoms with Crippen LogP contribution in [0.15, 0.2) is 41.3 Å². The fraction of sp³-hybridized carbons (Fsp3) is 0. The van der Waals surface area contributed by atoms with E-state index in [1.54, 1.807) is 6.07 Å². The van der Waals surface area contributed by atoms with E-state index in [2.05, 4.69) is 25.9 Å². The minimum Gasteiger partial charge on any atom is -0.477 e.